The zero-order valence-electron chi connectivity index (χ0n) is 17.5. The zero-order chi connectivity index (χ0) is 21.1. The molecule has 3 atom stereocenters. The van der Waals surface area contributed by atoms with Crippen molar-refractivity contribution in [3.8, 4) is 0 Å². The van der Waals surface area contributed by atoms with Gasteiger partial charge in [-0.1, -0.05) is 91.0 Å². The number of hydrogen-bond acceptors (Lipinski definition) is 4. The standard InChI is InChI=1S/C27H28O4/c1-4-10-22(11-5-1)18-28-21-26-27(31-20-24-14-8-3-9-15-24)25(16-17-29-26)30-19-23-12-6-2-7-13-23/h1-17,25-27H,18-21H2/t25-,26+,27+/m1/s1. The molecule has 0 N–H and O–H groups in total. The van der Waals surface area contributed by atoms with Crippen molar-refractivity contribution in [3.63, 3.8) is 0 Å². The van der Waals surface area contributed by atoms with Crippen LogP contribution in [0.5, 0.6) is 0 Å². The van der Waals surface area contributed by atoms with Gasteiger partial charge in [-0.15, -0.1) is 0 Å². The van der Waals surface area contributed by atoms with Crippen molar-refractivity contribution in [2.45, 2.75) is 38.1 Å². The van der Waals surface area contributed by atoms with E-state index in [-0.39, 0.29) is 18.3 Å². The van der Waals surface area contributed by atoms with Crippen LogP contribution in [0.25, 0.3) is 0 Å². The molecule has 0 radical (unpaired) electrons. The lowest BCUT2D eigenvalue weighted by Crippen LogP contribution is -2.45. The average Bonchev–Trinajstić information content (AvgIpc) is 2.84. The predicted molar refractivity (Wildman–Crippen MR) is 120 cm³/mol. The van der Waals surface area contributed by atoms with Crippen LogP contribution in [0.3, 0.4) is 0 Å². The predicted octanol–water partition coefficient (Wildman–Crippen LogP) is 5.29. The largest absolute Gasteiger partial charge is 0.493 e. The number of hydrogen-bond donors (Lipinski definition) is 0. The molecule has 0 amide bonds. The molecule has 0 aliphatic carbocycles. The normalized spacial score (nSPS) is 20.3. The van der Waals surface area contributed by atoms with Crippen molar-refractivity contribution >= 4 is 0 Å². The van der Waals surface area contributed by atoms with E-state index < -0.39 is 0 Å². The van der Waals surface area contributed by atoms with Gasteiger partial charge in [-0.3, -0.25) is 0 Å². The molecular weight excluding hydrogens is 388 g/mol. The van der Waals surface area contributed by atoms with E-state index in [0.717, 1.165) is 16.7 Å². The van der Waals surface area contributed by atoms with Gasteiger partial charge in [0.15, 0.2) is 0 Å². The lowest BCUT2D eigenvalue weighted by atomic mass is 10.1. The van der Waals surface area contributed by atoms with Gasteiger partial charge in [0.2, 0.25) is 0 Å². The van der Waals surface area contributed by atoms with Gasteiger partial charge >= 0.3 is 0 Å². The highest BCUT2D eigenvalue weighted by Gasteiger charge is 2.34. The maximum Gasteiger partial charge on any atom is 0.150 e. The number of benzene rings is 3. The van der Waals surface area contributed by atoms with Crippen LogP contribution in [0.4, 0.5) is 0 Å². The molecule has 0 spiro atoms. The minimum atomic E-state index is -0.273. The molecule has 1 aliphatic rings. The maximum atomic E-state index is 6.30. The Morgan fingerprint density at radius 3 is 1.71 bits per heavy atom. The lowest BCUT2D eigenvalue weighted by Gasteiger charge is -2.34. The highest BCUT2D eigenvalue weighted by atomic mass is 16.6. The van der Waals surface area contributed by atoms with Gasteiger partial charge in [-0.2, -0.15) is 0 Å². The number of ether oxygens (including phenoxy) is 4. The van der Waals surface area contributed by atoms with Crippen LogP contribution in [0.1, 0.15) is 16.7 Å². The molecule has 31 heavy (non-hydrogen) atoms. The molecule has 160 valence electrons. The molecule has 4 rings (SSSR count). The van der Waals surface area contributed by atoms with Gasteiger partial charge < -0.3 is 18.9 Å². The van der Waals surface area contributed by atoms with Gasteiger partial charge in [-0.05, 0) is 22.8 Å². The van der Waals surface area contributed by atoms with Crippen LogP contribution in [0.2, 0.25) is 0 Å². The van der Waals surface area contributed by atoms with E-state index in [2.05, 4.69) is 36.4 Å². The fourth-order valence-corrected chi connectivity index (χ4v) is 3.51. The summed E-state index contributed by atoms with van der Waals surface area (Å²) in [5.74, 6) is 0. The summed E-state index contributed by atoms with van der Waals surface area (Å²) in [7, 11) is 0. The van der Waals surface area contributed by atoms with E-state index in [4.69, 9.17) is 18.9 Å². The molecule has 3 aromatic carbocycles. The molecule has 4 nitrogen and oxygen atoms in total. The molecule has 3 aromatic rings. The lowest BCUT2D eigenvalue weighted by molar-refractivity contribution is -0.147. The molecule has 0 saturated carbocycles. The first-order chi connectivity index (χ1) is 15.4. The summed E-state index contributed by atoms with van der Waals surface area (Å²) in [6.45, 7) is 1.96. The Bertz CT molecular complexity index is 912. The van der Waals surface area contributed by atoms with Crippen LogP contribution in [-0.4, -0.2) is 24.9 Å². The van der Waals surface area contributed by atoms with E-state index in [0.29, 0.717) is 26.4 Å². The summed E-state index contributed by atoms with van der Waals surface area (Å²) in [5.41, 5.74) is 3.37. The molecule has 0 unspecified atom stereocenters. The summed E-state index contributed by atoms with van der Waals surface area (Å²) < 4.78 is 24.4. The van der Waals surface area contributed by atoms with E-state index in [1.165, 1.54) is 0 Å². The minimum absolute atomic E-state index is 0.219. The second-order valence-corrected chi connectivity index (χ2v) is 7.53. The van der Waals surface area contributed by atoms with Crippen LogP contribution >= 0.6 is 0 Å². The second kappa shape index (κ2) is 11.5. The molecular formula is C27H28O4. The van der Waals surface area contributed by atoms with Crippen LogP contribution < -0.4 is 0 Å². The smallest absolute Gasteiger partial charge is 0.150 e. The summed E-state index contributed by atoms with van der Waals surface area (Å²) >= 11 is 0. The molecule has 0 saturated heterocycles. The third kappa shape index (κ3) is 6.53. The highest BCUT2D eigenvalue weighted by molar-refractivity contribution is 5.15. The Balaban J connectivity index is 1.39. The first-order valence-corrected chi connectivity index (χ1v) is 10.6. The molecule has 0 fully saturated rings. The first kappa shape index (κ1) is 21.3. The Labute approximate surface area is 184 Å². The summed E-state index contributed by atoms with van der Waals surface area (Å²) in [6, 6.07) is 30.4. The molecule has 1 aliphatic heterocycles. The van der Waals surface area contributed by atoms with E-state index in [1.807, 2.05) is 60.7 Å². The van der Waals surface area contributed by atoms with Gasteiger partial charge in [0.05, 0.1) is 32.7 Å². The fourth-order valence-electron chi connectivity index (χ4n) is 3.51. The molecule has 4 heteroatoms. The fraction of sp³-hybridized carbons (Fsp3) is 0.259. The van der Waals surface area contributed by atoms with Crippen LogP contribution in [-0.2, 0) is 38.8 Å². The van der Waals surface area contributed by atoms with E-state index in [1.54, 1.807) is 6.26 Å². The summed E-state index contributed by atoms with van der Waals surface area (Å²) in [6.07, 6.45) is 2.88. The summed E-state index contributed by atoms with van der Waals surface area (Å²) in [5, 5.41) is 0. The van der Waals surface area contributed by atoms with Gasteiger partial charge in [-0.25, -0.2) is 0 Å². The van der Waals surface area contributed by atoms with Gasteiger partial charge in [0.25, 0.3) is 0 Å². The number of rotatable bonds is 10. The van der Waals surface area contributed by atoms with Gasteiger partial charge in [0.1, 0.15) is 18.3 Å². The average molecular weight is 417 g/mol. The van der Waals surface area contributed by atoms with Crippen molar-refractivity contribution in [2.75, 3.05) is 6.61 Å². The van der Waals surface area contributed by atoms with Crippen molar-refractivity contribution in [3.05, 3.63) is 120 Å². The zero-order valence-corrected chi connectivity index (χ0v) is 17.5. The van der Waals surface area contributed by atoms with Crippen molar-refractivity contribution in [1.82, 2.24) is 0 Å². The molecule has 0 bridgehead atoms. The SMILES string of the molecule is C1=C[C@@H](OCc2ccccc2)[C@H](OCc2ccccc2)[C@H](COCc2ccccc2)O1. The Morgan fingerprint density at radius 2 is 1.13 bits per heavy atom. The van der Waals surface area contributed by atoms with Crippen molar-refractivity contribution < 1.29 is 18.9 Å². The van der Waals surface area contributed by atoms with Gasteiger partial charge in [0, 0.05) is 0 Å². The highest BCUT2D eigenvalue weighted by Crippen LogP contribution is 2.22. The van der Waals surface area contributed by atoms with E-state index in [9.17, 15) is 0 Å². The molecule has 1 heterocycles. The van der Waals surface area contributed by atoms with E-state index >= 15 is 0 Å². The van der Waals surface area contributed by atoms with Crippen molar-refractivity contribution in [1.29, 1.82) is 0 Å². The summed E-state index contributed by atoms with van der Waals surface area (Å²) in [4.78, 5) is 0. The quantitative estimate of drug-likeness (QED) is 0.450. The third-order valence-electron chi connectivity index (χ3n) is 5.18. The monoisotopic (exact) mass is 416 g/mol. The van der Waals surface area contributed by atoms with Crippen molar-refractivity contribution in [2.24, 2.45) is 0 Å². The van der Waals surface area contributed by atoms with Crippen LogP contribution in [0, 0.1) is 0 Å². The maximum absolute atomic E-state index is 6.30. The Kier molecular flexibility index (Phi) is 7.88. The molecule has 0 aromatic heterocycles. The third-order valence-corrected chi connectivity index (χ3v) is 5.18. The second-order valence-electron chi connectivity index (χ2n) is 7.53. The van der Waals surface area contributed by atoms with Crippen LogP contribution in [0.15, 0.2) is 103 Å². The minimum Gasteiger partial charge on any atom is -0.493 e. The topological polar surface area (TPSA) is 36.9 Å². The Morgan fingerprint density at radius 1 is 0.613 bits per heavy atom. The first-order valence-electron chi connectivity index (χ1n) is 10.6. The Hall–Kier alpha value is -2.92.